The van der Waals surface area contributed by atoms with Gasteiger partial charge in [0.1, 0.15) is 5.82 Å². The molecule has 1 aliphatic rings. The molecular formula is C20H29FN4. The third-order valence-electron chi connectivity index (χ3n) is 4.20. The highest BCUT2D eigenvalue weighted by Crippen LogP contribution is 2.16. The van der Waals surface area contributed by atoms with Gasteiger partial charge in [-0.25, -0.2) is 4.39 Å². The molecular weight excluding hydrogens is 315 g/mol. The minimum atomic E-state index is -0.175. The van der Waals surface area contributed by atoms with E-state index in [-0.39, 0.29) is 5.82 Å². The first-order valence-electron chi connectivity index (χ1n) is 9.15. The van der Waals surface area contributed by atoms with Crippen LogP contribution in [0.4, 0.5) is 10.1 Å². The van der Waals surface area contributed by atoms with Gasteiger partial charge in [0.2, 0.25) is 0 Å². The molecule has 4 nitrogen and oxygen atoms in total. The maximum Gasteiger partial charge on any atom is 0.123 e. The molecule has 1 fully saturated rings. The van der Waals surface area contributed by atoms with E-state index in [9.17, 15) is 4.39 Å². The number of halogens is 1. The zero-order valence-corrected chi connectivity index (χ0v) is 15.3. The van der Waals surface area contributed by atoms with E-state index >= 15 is 0 Å². The Bertz CT molecular complexity index is 580. The van der Waals surface area contributed by atoms with Crippen LogP contribution < -0.4 is 10.2 Å². The fraction of sp³-hybridized carbons (Fsp3) is 0.450. The molecule has 1 aromatic heterocycles. The molecule has 5 heteroatoms. The zero-order chi connectivity index (χ0) is 17.9. The van der Waals surface area contributed by atoms with E-state index in [4.69, 9.17) is 0 Å². The Balaban J connectivity index is 0.00000109. The van der Waals surface area contributed by atoms with E-state index in [0.717, 1.165) is 57.2 Å². The summed E-state index contributed by atoms with van der Waals surface area (Å²) < 4.78 is 13.0. The number of piperazine rings is 1. The predicted molar refractivity (Wildman–Crippen MR) is 102 cm³/mol. The first kappa shape index (κ1) is 19.3. The molecule has 0 spiro atoms. The van der Waals surface area contributed by atoms with Crippen LogP contribution in [-0.2, 0) is 6.54 Å². The molecule has 136 valence electrons. The van der Waals surface area contributed by atoms with Gasteiger partial charge in [-0.2, -0.15) is 0 Å². The molecule has 0 amide bonds. The second-order valence-corrected chi connectivity index (χ2v) is 5.80. The number of benzene rings is 1. The normalized spacial score (nSPS) is 14.8. The zero-order valence-electron chi connectivity index (χ0n) is 15.3. The van der Waals surface area contributed by atoms with Gasteiger partial charge in [0.05, 0.1) is 5.69 Å². The summed E-state index contributed by atoms with van der Waals surface area (Å²) in [5, 5.41) is 3.44. The number of hydrogen-bond acceptors (Lipinski definition) is 4. The summed E-state index contributed by atoms with van der Waals surface area (Å²) in [6.45, 7) is 10.9. The van der Waals surface area contributed by atoms with Crippen LogP contribution in [0.2, 0.25) is 0 Å². The summed E-state index contributed by atoms with van der Waals surface area (Å²) in [5.41, 5.74) is 2.19. The Hall–Kier alpha value is -1.98. The summed E-state index contributed by atoms with van der Waals surface area (Å²) >= 11 is 0. The number of nitrogens with one attached hydrogen (secondary N) is 1. The second-order valence-electron chi connectivity index (χ2n) is 5.80. The van der Waals surface area contributed by atoms with Gasteiger partial charge in [-0.3, -0.25) is 9.88 Å². The van der Waals surface area contributed by atoms with Crippen molar-refractivity contribution in [2.45, 2.75) is 20.4 Å². The average Bonchev–Trinajstić information content (AvgIpc) is 2.69. The Morgan fingerprint density at radius 3 is 2.36 bits per heavy atom. The van der Waals surface area contributed by atoms with Gasteiger partial charge >= 0.3 is 0 Å². The van der Waals surface area contributed by atoms with Gasteiger partial charge in [0.15, 0.2) is 0 Å². The number of rotatable bonds is 6. The lowest BCUT2D eigenvalue weighted by molar-refractivity contribution is 0.257. The van der Waals surface area contributed by atoms with Gasteiger partial charge in [-0.15, -0.1) is 0 Å². The van der Waals surface area contributed by atoms with Crippen molar-refractivity contribution in [3.05, 3.63) is 60.2 Å². The van der Waals surface area contributed by atoms with Gasteiger partial charge in [-0.1, -0.05) is 19.9 Å². The number of hydrogen-bond donors (Lipinski definition) is 1. The molecule has 0 atom stereocenters. The van der Waals surface area contributed by atoms with Crippen LogP contribution in [-0.4, -0.2) is 49.2 Å². The minimum absolute atomic E-state index is 0.175. The molecule has 0 radical (unpaired) electrons. The third kappa shape index (κ3) is 6.44. The molecule has 1 N–H and O–H groups in total. The first-order chi connectivity index (χ1) is 12.3. The van der Waals surface area contributed by atoms with E-state index in [1.165, 1.54) is 12.1 Å². The van der Waals surface area contributed by atoms with Crippen molar-refractivity contribution in [2.24, 2.45) is 0 Å². The van der Waals surface area contributed by atoms with E-state index in [2.05, 4.69) is 20.1 Å². The Morgan fingerprint density at radius 2 is 1.72 bits per heavy atom. The third-order valence-corrected chi connectivity index (χ3v) is 4.20. The standard InChI is InChI=1S/C18H23FN4.C2H6/c19-16-4-6-18(7-5-16)23-13-11-22(12-14-23)10-9-20-15-17-3-1-2-8-21-17;1-2/h1-8,20H,9-15H2;1-2H3. The van der Waals surface area contributed by atoms with Crippen LogP contribution in [0.3, 0.4) is 0 Å². The summed E-state index contributed by atoms with van der Waals surface area (Å²) in [7, 11) is 0. The van der Waals surface area contributed by atoms with E-state index < -0.39 is 0 Å². The second kappa shape index (κ2) is 10.8. The molecule has 0 unspecified atom stereocenters. The fourth-order valence-electron chi connectivity index (χ4n) is 2.84. The summed E-state index contributed by atoms with van der Waals surface area (Å²) in [6, 6.07) is 12.8. The smallest absolute Gasteiger partial charge is 0.123 e. The van der Waals surface area contributed by atoms with Crippen molar-refractivity contribution >= 4 is 5.69 Å². The Labute approximate surface area is 150 Å². The van der Waals surface area contributed by atoms with E-state index in [1.807, 2.05) is 50.4 Å². The maximum absolute atomic E-state index is 13.0. The summed E-state index contributed by atoms with van der Waals surface area (Å²) in [6.07, 6.45) is 1.83. The highest BCUT2D eigenvalue weighted by molar-refractivity contribution is 5.46. The fourth-order valence-corrected chi connectivity index (χ4v) is 2.84. The Kier molecular flexibility index (Phi) is 8.35. The molecule has 25 heavy (non-hydrogen) atoms. The molecule has 2 heterocycles. The molecule has 0 bridgehead atoms. The largest absolute Gasteiger partial charge is 0.369 e. The van der Waals surface area contributed by atoms with E-state index in [0.29, 0.717) is 0 Å². The van der Waals surface area contributed by atoms with Crippen LogP contribution in [0.25, 0.3) is 0 Å². The average molecular weight is 344 g/mol. The lowest BCUT2D eigenvalue weighted by atomic mass is 10.2. The van der Waals surface area contributed by atoms with Crippen molar-refractivity contribution in [1.82, 2.24) is 15.2 Å². The molecule has 2 aromatic rings. The van der Waals surface area contributed by atoms with Crippen molar-refractivity contribution in [3.8, 4) is 0 Å². The summed E-state index contributed by atoms with van der Waals surface area (Å²) in [4.78, 5) is 9.08. The van der Waals surface area contributed by atoms with Crippen molar-refractivity contribution in [3.63, 3.8) is 0 Å². The molecule has 0 saturated carbocycles. The van der Waals surface area contributed by atoms with Crippen molar-refractivity contribution < 1.29 is 4.39 Å². The number of nitrogens with zero attached hydrogens (tertiary/aromatic N) is 3. The SMILES string of the molecule is CC.Fc1ccc(N2CCN(CCNCc3ccccn3)CC2)cc1. The highest BCUT2D eigenvalue weighted by atomic mass is 19.1. The van der Waals surface area contributed by atoms with Gasteiger partial charge in [-0.05, 0) is 36.4 Å². The number of aromatic nitrogens is 1. The molecule has 1 aliphatic heterocycles. The van der Waals surface area contributed by atoms with Crippen molar-refractivity contribution in [2.75, 3.05) is 44.2 Å². The van der Waals surface area contributed by atoms with Crippen LogP contribution in [0.15, 0.2) is 48.7 Å². The van der Waals surface area contributed by atoms with Gasteiger partial charge in [0, 0.05) is 57.7 Å². The minimum Gasteiger partial charge on any atom is -0.369 e. The lowest BCUT2D eigenvalue weighted by Gasteiger charge is -2.36. The molecule has 1 saturated heterocycles. The predicted octanol–water partition coefficient (Wildman–Crippen LogP) is 3.16. The monoisotopic (exact) mass is 344 g/mol. The quantitative estimate of drug-likeness (QED) is 0.816. The van der Waals surface area contributed by atoms with Gasteiger partial charge in [0.25, 0.3) is 0 Å². The molecule has 0 aliphatic carbocycles. The first-order valence-corrected chi connectivity index (χ1v) is 9.15. The number of pyridine rings is 1. The van der Waals surface area contributed by atoms with Crippen molar-refractivity contribution in [1.29, 1.82) is 0 Å². The molecule has 1 aromatic carbocycles. The number of anilines is 1. The summed E-state index contributed by atoms with van der Waals surface area (Å²) in [5.74, 6) is -0.175. The Morgan fingerprint density at radius 1 is 1.00 bits per heavy atom. The lowest BCUT2D eigenvalue weighted by Crippen LogP contribution is -2.48. The van der Waals surface area contributed by atoms with E-state index in [1.54, 1.807) is 0 Å². The van der Waals surface area contributed by atoms with Crippen LogP contribution in [0.1, 0.15) is 19.5 Å². The van der Waals surface area contributed by atoms with Crippen LogP contribution in [0.5, 0.6) is 0 Å². The topological polar surface area (TPSA) is 31.4 Å². The van der Waals surface area contributed by atoms with Gasteiger partial charge < -0.3 is 10.2 Å². The van der Waals surface area contributed by atoms with Crippen LogP contribution in [0, 0.1) is 5.82 Å². The molecule has 3 rings (SSSR count). The maximum atomic E-state index is 13.0. The van der Waals surface area contributed by atoms with Crippen LogP contribution >= 0.6 is 0 Å². The highest BCUT2D eigenvalue weighted by Gasteiger charge is 2.16.